The van der Waals surface area contributed by atoms with Gasteiger partial charge in [0, 0.05) is 63.8 Å². The highest BCUT2D eigenvalue weighted by molar-refractivity contribution is 7.80. The summed E-state index contributed by atoms with van der Waals surface area (Å²) in [6, 6.07) is 0.606. The molecule has 0 spiro atoms. The molecule has 0 radical (unpaired) electrons. The smallest absolute Gasteiger partial charge is 0.237 e. The highest BCUT2D eigenvalue weighted by Crippen LogP contribution is 2.26. The molecule has 4 aliphatic rings. The van der Waals surface area contributed by atoms with Crippen LogP contribution >= 0.6 is 12.2 Å². The third-order valence-corrected chi connectivity index (χ3v) is 6.68. The molecule has 4 N–H and O–H groups in total. The van der Waals surface area contributed by atoms with E-state index in [0.29, 0.717) is 24.1 Å². The molecule has 2 amide bonds. The quantitative estimate of drug-likeness (QED) is 0.350. The summed E-state index contributed by atoms with van der Waals surface area (Å²) >= 11 is 5.48. The van der Waals surface area contributed by atoms with Crippen molar-refractivity contribution in [1.29, 1.82) is 0 Å². The molecular formula is C20H34N6O3S. The lowest BCUT2D eigenvalue weighted by atomic mass is 10.0. The van der Waals surface area contributed by atoms with E-state index < -0.39 is 0 Å². The standard InChI is InChI=1S/C20H34N6O3S/c27-18(23-14-1-2-14)4-3-16-12-22-19(28)17-11-15(13-26(16)17)24-20(30)21-5-6-25-7-9-29-10-8-25/h14-17H,1-13H2,(H,22,28)(H,23,27)(H2,21,24,30). The number of carbonyl (C=O) groups is 2. The highest BCUT2D eigenvalue weighted by Gasteiger charge is 2.43. The van der Waals surface area contributed by atoms with E-state index in [9.17, 15) is 9.59 Å². The van der Waals surface area contributed by atoms with Crippen molar-refractivity contribution in [2.45, 2.75) is 56.3 Å². The van der Waals surface area contributed by atoms with Crippen molar-refractivity contribution in [3.05, 3.63) is 0 Å². The number of rotatable bonds is 8. The Bertz CT molecular complexity index is 640. The Hall–Kier alpha value is -1.49. The maximum absolute atomic E-state index is 12.4. The third kappa shape index (κ3) is 6.03. The summed E-state index contributed by atoms with van der Waals surface area (Å²) in [5.74, 6) is 0.217. The molecule has 0 aromatic heterocycles. The number of hydrogen-bond acceptors (Lipinski definition) is 6. The predicted octanol–water partition coefficient (Wildman–Crippen LogP) is -1.22. The van der Waals surface area contributed by atoms with Crippen LogP contribution in [0.15, 0.2) is 0 Å². The average molecular weight is 439 g/mol. The zero-order valence-electron chi connectivity index (χ0n) is 17.5. The topological polar surface area (TPSA) is 98.0 Å². The molecule has 3 aliphatic heterocycles. The second-order valence-electron chi connectivity index (χ2n) is 8.78. The van der Waals surface area contributed by atoms with E-state index in [1.165, 1.54) is 0 Å². The molecule has 10 heteroatoms. The van der Waals surface area contributed by atoms with Gasteiger partial charge < -0.3 is 26.0 Å². The first kappa shape index (κ1) is 21.7. The summed E-state index contributed by atoms with van der Waals surface area (Å²) in [6.45, 7) is 6.66. The van der Waals surface area contributed by atoms with Crippen LogP contribution in [-0.2, 0) is 14.3 Å². The van der Waals surface area contributed by atoms with Crippen molar-refractivity contribution < 1.29 is 14.3 Å². The Morgan fingerprint density at radius 3 is 2.77 bits per heavy atom. The fourth-order valence-corrected chi connectivity index (χ4v) is 4.83. The SMILES string of the molecule is O=C(CCC1CNC(=O)C2CC(NC(=S)NCCN3CCOCC3)CN12)NC1CC1. The van der Waals surface area contributed by atoms with Gasteiger partial charge in [0.25, 0.3) is 0 Å². The van der Waals surface area contributed by atoms with E-state index in [-0.39, 0.29) is 29.9 Å². The minimum Gasteiger partial charge on any atom is -0.379 e. The number of piperazine rings is 1. The molecule has 0 aromatic carbocycles. The summed E-state index contributed by atoms with van der Waals surface area (Å²) in [5.41, 5.74) is 0. The first-order chi connectivity index (χ1) is 14.6. The summed E-state index contributed by atoms with van der Waals surface area (Å²) in [7, 11) is 0. The predicted molar refractivity (Wildman–Crippen MR) is 117 cm³/mol. The molecule has 3 saturated heterocycles. The molecule has 3 atom stereocenters. The van der Waals surface area contributed by atoms with E-state index in [0.717, 1.165) is 71.6 Å². The largest absolute Gasteiger partial charge is 0.379 e. The summed E-state index contributed by atoms with van der Waals surface area (Å²) in [4.78, 5) is 29.0. The number of carbonyl (C=O) groups excluding carboxylic acids is 2. The number of fused-ring (bicyclic) bond motifs is 1. The summed E-state index contributed by atoms with van der Waals surface area (Å²) < 4.78 is 5.37. The van der Waals surface area contributed by atoms with Crippen molar-refractivity contribution >= 4 is 29.1 Å². The van der Waals surface area contributed by atoms with Gasteiger partial charge >= 0.3 is 0 Å². The maximum atomic E-state index is 12.4. The Balaban J connectivity index is 1.19. The van der Waals surface area contributed by atoms with Gasteiger partial charge in [0.1, 0.15) is 0 Å². The number of nitrogens with one attached hydrogen (secondary N) is 4. The van der Waals surface area contributed by atoms with Gasteiger partial charge in [0.15, 0.2) is 5.11 Å². The van der Waals surface area contributed by atoms with Crippen LogP contribution in [0.2, 0.25) is 0 Å². The monoisotopic (exact) mass is 438 g/mol. The molecule has 0 aromatic rings. The van der Waals surface area contributed by atoms with Crippen LogP contribution < -0.4 is 21.3 Å². The van der Waals surface area contributed by atoms with Gasteiger partial charge in [-0.2, -0.15) is 0 Å². The van der Waals surface area contributed by atoms with Crippen LogP contribution in [0.4, 0.5) is 0 Å². The molecule has 30 heavy (non-hydrogen) atoms. The van der Waals surface area contributed by atoms with E-state index in [1.807, 2.05) is 0 Å². The maximum Gasteiger partial charge on any atom is 0.237 e. The molecule has 9 nitrogen and oxygen atoms in total. The number of thiocarbonyl (C=S) groups is 1. The lowest BCUT2D eigenvalue weighted by molar-refractivity contribution is -0.129. The van der Waals surface area contributed by atoms with Crippen LogP contribution in [0.25, 0.3) is 0 Å². The average Bonchev–Trinajstić information content (AvgIpc) is 3.44. The molecule has 4 rings (SSSR count). The third-order valence-electron chi connectivity index (χ3n) is 6.42. The van der Waals surface area contributed by atoms with Gasteiger partial charge in [0.2, 0.25) is 11.8 Å². The van der Waals surface area contributed by atoms with Gasteiger partial charge in [0.05, 0.1) is 19.3 Å². The molecule has 1 aliphatic carbocycles. The zero-order valence-corrected chi connectivity index (χ0v) is 18.3. The van der Waals surface area contributed by atoms with Crippen LogP contribution in [0, 0.1) is 0 Å². The van der Waals surface area contributed by atoms with Gasteiger partial charge in [-0.3, -0.25) is 19.4 Å². The van der Waals surface area contributed by atoms with Crippen LogP contribution in [0.1, 0.15) is 32.1 Å². The van der Waals surface area contributed by atoms with Crippen LogP contribution in [0.5, 0.6) is 0 Å². The lowest BCUT2D eigenvalue weighted by Crippen LogP contribution is -2.58. The van der Waals surface area contributed by atoms with E-state index in [2.05, 4.69) is 31.1 Å². The number of amides is 2. The molecule has 3 unspecified atom stereocenters. The molecule has 0 bridgehead atoms. The van der Waals surface area contributed by atoms with Crippen molar-refractivity contribution in [2.24, 2.45) is 0 Å². The summed E-state index contributed by atoms with van der Waals surface area (Å²) in [6.07, 6.45) is 4.23. The zero-order chi connectivity index (χ0) is 20.9. The number of hydrogen-bond donors (Lipinski definition) is 4. The van der Waals surface area contributed by atoms with Crippen LogP contribution in [-0.4, -0.2) is 103 Å². The Morgan fingerprint density at radius 2 is 2.00 bits per heavy atom. The Kier molecular flexibility index (Phi) is 7.40. The highest BCUT2D eigenvalue weighted by atomic mass is 32.1. The first-order valence-electron chi connectivity index (χ1n) is 11.3. The Labute approximate surface area is 183 Å². The second kappa shape index (κ2) is 10.2. The molecule has 1 saturated carbocycles. The Morgan fingerprint density at radius 1 is 1.20 bits per heavy atom. The van der Waals surface area contributed by atoms with Crippen molar-refractivity contribution in [2.75, 3.05) is 52.5 Å². The fraction of sp³-hybridized carbons (Fsp3) is 0.850. The molecule has 3 heterocycles. The molecule has 168 valence electrons. The lowest BCUT2D eigenvalue weighted by Gasteiger charge is -2.37. The minimum absolute atomic E-state index is 0.0872. The van der Waals surface area contributed by atoms with Crippen LogP contribution in [0.3, 0.4) is 0 Å². The van der Waals surface area contributed by atoms with E-state index in [4.69, 9.17) is 17.0 Å². The van der Waals surface area contributed by atoms with Gasteiger partial charge in [-0.05, 0) is 37.9 Å². The van der Waals surface area contributed by atoms with Gasteiger partial charge in [-0.1, -0.05) is 0 Å². The first-order valence-corrected chi connectivity index (χ1v) is 11.7. The normalized spacial score (nSPS) is 29.7. The van der Waals surface area contributed by atoms with Crippen molar-refractivity contribution in [3.8, 4) is 0 Å². The molecule has 4 fully saturated rings. The second-order valence-corrected chi connectivity index (χ2v) is 9.19. The number of nitrogens with zero attached hydrogens (tertiary/aromatic N) is 2. The minimum atomic E-state index is -0.135. The van der Waals surface area contributed by atoms with E-state index >= 15 is 0 Å². The van der Waals surface area contributed by atoms with Gasteiger partial charge in [-0.25, -0.2) is 0 Å². The number of ether oxygens (including phenoxy) is 1. The van der Waals surface area contributed by atoms with E-state index in [1.54, 1.807) is 0 Å². The fourth-order valence-electron chi connectivity index (χ4n) is 4.56. The summed E-state index contributed by atoms with van der Waals surface area (Å²) in [5, 5.41) is 13.4. The van der Waals surface area contributed by atoms with Crippen molar-refractivity contribution in [3.63, 3.8) is 0 Å². The van der Waals surface area contributed by atoms with Gasteiger partial charge in [-0.15, -0.1) is 0 Å². The van der Waals surface area contributed by atoms with Crippen molar-refractivity contribution in [1.82, 2.24) is 31.1 Å². The molecular weight excluding hydrogens is 404 g/mol. The number of morpholine rings is 1.